The number of amides is 1. The van der Waals surface area contributed by atoms with Crippen LogP contribution in [-0.2, 0) is 6.42 Å². The molecule has 2 aromatic rings. The highest BCUT2D eigenvalue weighted by molar-refractivity contribution is 7.16. The molecule has 0 unspecified atom stereocenters. The molecule has 0 aliphatic heterocycles. The van der Waals surface area contributed by atoms with Crippen LogP contribution < -0.4 is 16.8 Å². The van der Waals surface area contributed by atoms with Crippen molar-refractivity contribution in [1.82, 2.24) is 5.32 Å². The zero-order chi connectivity index (χ0) is 13.8. The first-order valence-electron chi connectivity index (χ1n) is 5.73. The predicted octanol–water partition coefficient (Wildman–Crippen LogP) is 2.54. The normalized spacial score (nSPS) is 10.4. The summed E-state index contributed by atoms with van der Waals surface area (Å²) in [6.45, 7) is 0.541. The molecule has 0 saturated heterocycles. The van der Waals surface area contributed by atoms with E-state index in [4.69, 9.17) is 23.1 Å². The highest BCUT2D eigenvalue weighted by atomic mass is 35.5. The first kappa shape index (κ1) is 13.7. The fraction of sp³-hybridized carbons (Fsp3) is 0.154. The third-order valence-electron chi connectivity index (χ3n) is 2.61. The molecule has 0 aliphatic rings. The minimum absolute atomic E-state index is 0.194. The van der Waals surface area contributed by atoms with Crippen molar-refractivity contribution in [2.45, 2.75) is 6.42 Å². The van der Waals surface area contributed by atoms with Crippen molar-refractivity contribution in [3.8, 4) is 0 Å². The smallest absolute Gasteiger partial charge is 0.253 e. The van der Waals surface area contributed by atoms with E-state index >= 15 is 0 Å². The van der Waals surface area contributed by atoms with Crippen LogP contribution in [0.4, 0.5) is 11.4 Å². The lowest BCUT2D eigenvalue weighted by Gasteiger charge is -2.07. The van der Waals surface area contributed by atoms with Gasteiger partial charge in [0.1, 0.15) is 0 Å². The van der Waals surface area contributed by atoms with Gasteiger partial charge in [0.25, 0.3) is 5.91 Å². The van der Waals surface area contributed by atoms with E-state index in [2.05, 4.69) is 5.32 Å². The van der Waals surface area contributed by atoms with Gasteiger partial charge in [0.05, 0.1) is 9.90 Å². The lowest BCUT2D eigenvalue weighted by Crippen LogP contribution is -2.26. The van der Waals surface area contributed by atoms with E-state index in [9.17, 15) is 4.79 Å². The van der Waals surface area contributed by atoms with Gasteiger partial charge in [-0.3, -0.25) is 4.79 Å². The zero-order valence-electron chi connectivity index (χ0n) is 10.2. The number of hydrogen-bond acceptors (Lipinski definition) is 4. The Morgan fingerprint density at radius 3 is 2.68 bits per heavy atom. The van der Waals surface area contributed by atoms with Gasteiger partial charge in [0.2, 0.25) is 0 Å². The average Bonchev–Trinajstić information content (AvgIpc) is 2.75. The molecule has 0 fully saturated rings. The Morgan fingerprint density at radius 1 is 1.26 bits per heavy atom. The van der Waals surface area contributed by atoms with Gasteiger partial charge in [0, 0.05) is 22.8 Å². The van der Waals surface area contributed by atoms with E-state index in [1.807, 2.05) is 12.1 Å². The molecule has 0 radical (unpaired) electrons. The molecule has 1 aromatic heterocycles. The fourth-order valence-electron chi connectivity index (χ4n) is 1.67. The van der Waals surface area contributed by atoms with Gasteiger partial charge in [-0.25, -0.2) is 0 Å². The van der Waals surface area contributed by atoms with E-state index < -0.39 is 0 Å². The molecular weight excluding hydrogens is 282 g/mol. The summed E-state index contributed by atoms with van der Waals surface area (Å²) >= 11 is 7.35. The molecule has 0 saturated carbocycles. The van der Waals surface area contributed by atoms with Crippen LogP contribution in [0.1, 0.15) is 15.2 Å². The van der Waals surface area contributed by atoms with Crippen LogP contribution in [0.2, 0.25) is 4.34 Å². The summed E-state index contributed by atoms with van der Waals surface area (Å²) in [4.78, 5) is 13.1. The number of benzene rings is 1. The average molecular weight is 296 g/mol. The van der Waals surface area contributed by atoms with Gasteiger partial charge in [-0.15, -0.1) is 11.3 Å². The Bertz CT molecular complexity index is 597. The highest BCUT2D eigenvalue weighted by Gasteiger charge is 2.09. The molecule has 0 aliphatic carbocycles. The molecule has 4 nitrogen and oxygen atoms in total. The number of carbonyl (C=O) groups excluding carboxylic acids is 1. The Morgan fingerprint density at radius 2 is 2.05 bits per heavy atom. The van der Waals surface area contributed by atoms with Crippen LogP contribution in [-0.4, -0.2) is 12.5 Å². The summed E-state index contributed by atoms with van der Waals surface area (Å²) in [6.07, 6.45) is 0.748. The lowest BCUT2D eigenvalue weighted by atomic mass is 10.1. The number of nitrogen functional groups attached to an aromatic ring is 2. The minimum Gasteiger partial charge on any atom is -0.399 e. The monoisotopic (exact) mass is 295 g/mol. The maximum absolute atomic E-state index is 11.9. The zero-order valence-corrected chi connectivity index (χ0v) is 11.7. The summed E-state index contributed by atoms with van der Waals surface area (Å²) in [7, 11) is 0. The summed E-state index contributed by atoms with van der Waals surface area (Å²) in [5.41, 5.74) is 12.7. The van der Waals surface area contributed by atoms with Gasteiger partial charge < -0.3 is 16.8 Å². The fourth-order valence-corrected chi connectivity index (χ4v) is 2.76. The number of thiophene rings is 1. The quantitative estimate of drug-likeness (QED) is 0.758. The number of hydrogen-bond donors (Lipinski definition) is 3. The summed E-state index contributed by atoms with van der Waals surface area (Å²) in [6, 6.07) is 8.67. The number of carbonyl (C=O) groups is 1. The minimum atomic E-state index is -0.194. The van der Waals surface area contributed by atoms with Crippen molar-refractivity contribution in [1.29, 1.82) is 0 Å². The molecule has 5 N–H and O–H groups in total. The van der Waals surface area contributed by atoms with E-state index in [1.54, 1.807) is 18.2 Å². The molecule has 0 bridgehead atoms. The van der Waals surface area contributed by atoms with Gasteiger partial charge in [-0.2, -0.15) is 0 Å². The van der Waals surface area contributed by atoms with Crippen LogP contribution in [0.15, 0.2) is 30.3 Å². The van der Waals surface area contributed by atoms with Gasteiger partial charge in [-0.1, -0.05) is 11.6 Å². The Labute approximate surface area is 120 Å². The summed E-state index contributed by atoms with van der Waals surface area (Å²) in [5.74, 6) is -0.194. The van der Waals surface area contributed by atoms with Gasteiger partial charge >= 0.3 is 0 Å². The second-order valence-corrected chi connectivity index (χ2v) is 5.86. The van der Waals surface area contributed by atoms with Crippen molar-refractivity contribution in [3.63, 3.8) is 0 Å². The second kappa shape index (κ2) is 5.95. The van der Waals surface area contributed by atoms with Crippen molar-refractivity contribution < 1.29 is 4.79 Å². The van der Waals surface area contributed by atoms with Crippen LogP contribution in [0.3, 0.4) is 0 Å². The van der Waals surface area contributed by atoms with E-state index in [-0.39, 0.29) is 5.91 Å². The predicted molar refractivity (Wildman–Crippen MR) is 80.6 cm³/mol. The Kier molecular flexibility index (Phi) is 4.29. The van der Waals surface area contributed by atoms with Gasteiger partial charge in [0.15, 0.2) is 0 Å². The third-order valence-corrected chi connectivity index (χ3v) is 3.90. The molecule has 19 heavy (non-hydrogen) atoms. The largest absolute Gasteiger partial charge is 0.399 e. The molecule has 6 heteroatoms. The Hall–Kier alpha value is -1.72. The summed E-state index contributed by atoms with van der Waals surface area (Å²) < 4.78 is 0.754. The standard InChI is InChI=1S/C13H14ClN3OS/c14-12-4-2-9(19-12)5-6-17-13(18)10-3-1-8(15)7-11(10)16/h1-4,7H,5-6,15-16H2,(H,17,18). The lowest BCUT2D eigenvalue weighted by molar-refractivity contribution is 0.0955. The van der Waals surface area contributed by atoms with Crippen LogP contribution in [0, 0.1) is 0 Å². The maximum atomic E-state index is 11.9. The molecule has 1 aromatic carbocycles. The van der Waals surface area contributed by atoms with Crippen molar-refractivity contribution >= 4 is 40.2 Å². The third kappa shape index (κ3) is 3.62. The van der Waals surface area contributed by atoms with E-state index in [0.29, 0.717) is 23.5 Å². The van der Waals surface area contributed by atoms with Gasteiger partial charge in [-0.05, 0) is 36.8 Å². The van der Waals surface area contributed by atoms with Crippen molar-refractivity contribution in [2.24, 2.45) is 0 Å². The van der Waals surface area contributed by atoms with E-state index in [0.717, 1.165) is 15.6 Å². The van der Waals surface area contributed by atoms with Crippen LogP contribution in [0.5, 0.6) is 0 Å². The molecular formula is C13H14ClN3OS. The highest BCUT2D eigenvalue weighted by Crippen LogP contribution is 2.21. The van der Waals surface area contributed by atoms with Crippen LogP contribution >= 0.6 is 22.9 Å². The van der Waals surface area contributed by atoms with E-state index in [1.165, 1.54) is 11.3 Å². The number of halogens is 1. The molecule has 2 rings (SSSR count). The first-order valence-corrected chi connectivity index (χ1v) is 6.93. The van der Waals surface area contributed by atoms with Crippen molar-refractivity contribution in [2.75, 3.05) is 18.0 Å². The molecule has 0 spiro atoms. The maximum Gasteiger partial charge on any atom is 0.253 e. The molecule has 1 heterocycles. The van der Waals surface area contributed by atoms with Crippen LogP contribution in [0.25, 0.3) is 0 Å². The topological polar surface area (TPSA) is 81.1 Å². The number of nitrogens with one attached hydrogen (secondary N) is 1. The molecule has 0 atom stereocenters. The van der Waals surface area contributed by atoms with Crippen molar-refractivity contribution in [3.05, 3.63) is 45.1 Å². The summed E-state index contributed by atoms with van der Waals surface area (Å²) in [5, 5.41) is 2.82. The molecule has 100 valence electrons. The SMILES string of the molecule is Nc1ccc(C(=O)NCCc2ccc(Cl)s2)c(N)c1. The second-order valence-electron chi connectivity index (χ2n) is 4.06. The number of nitrogens with two attached hydrogens (primary N) is 2. The first-order chi connectivity index (χ1) is 9.06. The molecule has 1 amide bonds. The number of rotatable bonds is 4. The Balaban J connectivity index is 1.90. The number of anilines is 2.